The van der Waals surface area contributed by atoms with Crippen LogP contribution in [0.15, 0.2) is 72.8 Å². The summed E-state index contributed by atoms with van der Waals surface area (Å²) in [5.74, 6) is -0.722. The van der Waals surface area contributed by atoms with Crippen LogP contribution in [0.2, 0.25) is 0 Å². The van der Waals surface area contributed by atoms with E-state index in [9.17, 15) is 19.3 Å². The van der Waals surface area contributed by atoms with Gasteiger partial charge in [0.25, 0.3) is 5.69 Å². The van der Waals surface area contributed by atoms with Gasteiger partial charge in [-0.2, -0.15) is 0 Å². The van der Waals surface area contributed by atoms with Gasteiger partial charge in [0.2, 0.25) is 0 Å². The molecule has 0 fully saturated rings. The molecule has 0 spiro atoms. The summed E-state index contributed by atoms with van der Waals surface area (Å²) in [6, 6.07) is 19.4. The zero-order valence-corrected chi connectivity index (χ0v) is 16.5. The van der Waals surface area contributed by atoms with Gasteiger partial charge < -0.3 is 10.1 Å². The minimum atomic E-state index is -0.696. The molecule has 4 rings (SSSR count). The maximum Gasteiger partial charge on any atom is 0.407 e. The molecular weight excluding hydrogens is 399 g/mol. The molecule has 31 heavy (non-hydrogen) atoms. The minimum Gasteiger partial charge on any atom is -0.449 e. The van der Waals surface area contributed by atoms with Crippen LogP contribution in [-0.4, -0.2) is 24.2 Å². The first kappa shape index (κ1) is 20.3. The smallest absolute Gasteiger partial charge is 0.407 e. The first-order valence-corrected chi connectivity index (χ1v) is 9.73. The molecule has 1 N–H and O–H groups in total. The van der Waals surface area contributed by atoms with E-state index in [0.717, 1.165) is 28.3 Å². The number of alkyl carbamates (subject to hydrolysis) is 1. The van der Waals surface area contributed by atoms with E-state index in [-0.39, 0.29) is 24.8 Å². The molecule has 3 aromatic rings. The number of nitro benzene ring substituents is 1. The monoisotopic (exact) mass is 418 g/mol. The Balaban J connectivity index is 1.33. The molecule has 0 radical (unpaired) electrons. The Morgan fingerprint density at radius 3 is 2.35 bits per heavy atom. The van der Waals surface area contributed by atoms with Crippen LogP contribution >= 0.6 is 0 Å². The summed E-state index contributed by atoms with van der Waals surface area (Å²) >= 11 is 0. The van der Waals surface area contributed by atoms with Gasteiger partial charge in [-0.3, -0.25) is 10.1 Å². The number of hydrogen-bond acceptors (Lipinski definition) is 4. The first-order valence-electron chi connectivity index (χ1n) is 9.73. The molecule has 0 aliphatic heterocycles. The highest BCUT2D eigenvalue weighted by atomic mass is 19.1. The van der Waals surface area contributed by atoms with Gasteiger partial charge in [0.1, 0.15) is 12.4 Å². The third-order valence-electron chi connectivity index (χ3n) is 5.13. The second-order valence-electron chi connectivity index (χ2n) is 7.11. The van der Waals surface area contributed by atoms with Gasteiger partial charge in [0.15, 0.2) is 0 Å². The highest BCUT2D eigenvalue weighted by molar-refractivity contribution is 5.79. The van der Waals surface area contributed by atoms with Gasteiger partial charge in [0.05, 0.1) is 11.0 Å². The molecule has 0 heterocycles. The number of nitro groups is 1. The van der Waals surface area contributed by atoms with Gasteiger partial charge in [-0.25, -0.2) is 9.18 Å². The SMILES string of the molecule is O=C(NCC=Cc1cc(F)cc([N+](=O)[O-])c1)OCC1c2ccccc2-c2ccccc21. The topological polar surface area (TPSA) is 81.5 Å². The number of ether oxygens (including phenoxy) is 1. The van der Waals surface area contributed by atoms with Crippen LogP contribution < -0.4 is 5.32 Å². The molecule has 6 nitrogen and oxygen atoms in total. The highest BCUT2D eigenvalue weighted by Crippen LogP contribution is 2.44. The lowest BCUT2D eigenvalue weighted by Gasteiger charge is -2.14. The molecule has 0 atom stereocenters. The van der Waals surface area contributed by atoms with Gasteiger partial charge >= 0.3 is 6.09 Å². The van der Waals surface area contributed by atoms with Crippen LogP contribution in [0.1, 0.15) is 22.6 Å². The number of carbonyl (C=O) groups excluding carboxylic acids is 1. The van der Waals surface area contributed by atoms with Crippen molar-refractivity contribution in [2.45, 2.75) is 5.92 Å². The number of hydrogen-bond donors (Lipinski definition) is 1. The number of halogens is 1. The zero-order chi connectivity index (χ0) is 21.8. The van der Waals surface area contributed by atoms with E-state index >= 15 is 0 Å². The predicted octanol–water partition coefficient (Wildman–Crippen LogP) is 5.29. The average Bonchev–Trinajstić information content (AvgIpc) is 3.09. The quantitative estimate of drug-likeness (QED) is 0.436. The molecule has 1 amide bonds. The number of amides is 1. The Morgan fingerprint density at radius 2 is 1.71 bits per heavy atom. The molecule has 7 heteroatoms. The van der Waals surface area contributed by atoms with E-state index in [0.29, 0.717) is 5.56 Å². The molecule has 156 valence electrons. The summed E-state index contributed by atoms with van der Waals surface area (Å²) in [7, 11) is 0. The highest BCUT2D eigenvalue weighted by Gasteiger charge is 2.28. The van der Waals surface area contributed by atoms with Crippen LogP contribution in [0.4, 0.5) is 14.9 Å². The molecule has 0 unspecified atom stereocenters. The molecule has 0 aromatic heterocycles. The number of carbonyl (C=O) groups is 1. The Morgan fingerprint density at radius 1 is 1.06 bits per heavy atom. The van der Waals surface area contributed by atoms with Crippen molar-refractivity contribution in [2.75, 3.05) is 13.2 Å². The Hall–Kier alpha value is -4.00. The van der Waals surface area contributed by atoms with Gasteiger partial charge in [-0.1, -0.05) is 60.7 Å². The van der Waals surface area contributed by atoms with Crippen molar-refractivity contribution in [1.29, 1.82) is 0 Å². The number of fused-ring (bicyclic) bond motifs is 3. The van der Waals surface area contributed by atoms with E-state index < -0.39 is 16.8 Å². The lowest BCUT2D eigenvalue weighted by molar-refractivity contribution is -0.385. The number of rotatable bonds is 6. The molecule has 0 saturated carbocycles. The summed E-state index contributed by atoms with van der Waals surface area (Å²) in [5, 5.41) is 13.4. The standard InChI is InChI=1S/C24H19FN2O4/c25-17-12-16(13-18(14-17)27(29)30)6-5-11-26-24(28)31-15-23-21-9-3-1-7-19(21)20-8-2-4-10-22(20)23/h1-10,12-14,23H,11,15H2,(H,26,28). The van der Waals surface area contributed by atoms with Crippen LogP contribution in [-0.2, 0) is 4.74 Å². The Bertz CT molecular complexity index is 1130. The summed E-state index contributed by atoms with van der Waals surface area (Å²) in [6.45, 7) is 0.348. The van der Waals surface area contributed by atoms with Crippen molar-refractivity contribution >= 4 is 17.9 Å². The van der Waals surface area contributed by atoms with Crippen LogP contribution in [0.25, 0.3) is 17.2 Å². The fourth-order valence-electron chi connectivity index (χ4n) is 3.78. The lowest BCUT2D eigenvalue weighted by Crippen LogP contribution is -2.26. The van der Waals surface area contributed by atoms with E-state index in [1.807, 2.05) is 36.4 Å². The Kier molecular flexibility index (Phi) is 5.75. The summed E-state index contributed by atoms with van der Waals surface area (Å²) in [4.78, 5) is 22.3. The maximum absolute atomic E-state index is 13.5. The van der Waals surface area contributed by atoms with Crippen molar-refractivity contribution in [2.24, 2.45) is 0 Å². The summed E-state index contributed by atoms with van der Waals surface area (Å²) in [6.07, 6.45) is 2.50. The normalized spacial score (nSPS) is 12.4. The number of benzene rings is 3. The fraction of sp³-hybridized carbons (Fsp3) is 0.125. The molecule has 0 bridgehead atoms. The van der Waals surface area contributed by atoms with Crippen LogP contribution in [0, 0.1) is 15.9 Å². The second-order valence-corrected chi connectivity index (χ2v) is 7.11. The Labute approximate surface area is 178 Å². The zero-order valence-electron chi connectivity index (χ0n) is 16.5. The fourth-order valence-corrected chi connectivity index (χ4v) is 3.78. The van der Waals surface area contributed by atoms with Crippen LogP contribution in [0.5, 0.6) is 0 Å². The van der Waals surface area contributed by atoms with Crippen molar-refractivity contribution in [3.63, 3.8) is 0 Å². The molecule has 0 saturated heterocycles. The first-order chi connectivity index (χ1) is 15.0. The van der Waals surface area contributed by atoms with Gasteiger partial charge in [0, 0.05) is 18.5 Å². The second kappa shape index (κ2) is 8.79. The maximum atomic E-state index is 13.5. The third-order valence-corrected chi connectivity index (χ3v) is 5.13. The van der Waals surface area contributed by atoms with Crippen molar-refractivity contribution < 1.29 is 18.8 Å². The van der Waals surface area contributed by atoms with Gasteiger partial charge in [-0.15, -0.1) is 0 Å². The average molecular weight is 418 g/mol. The number of non-ortho nitro benzene ring substituents is 1. The predicted molar refractivity (Wildman–Crippen MR) is 115 cm³/mol. The number of nitrogens with zero attached hydrogens (tertiary/aromatic N) is 1. The van der Waals surface area contributed by atoms with Crippen LogP contribution in [0.3, 0.4) is 0 Å². The molecule has 1 aliphatic carbocycles. The van der Waals surface area contributed by atoms with E-state index in [2.05, 4.69) is 17.4 Å². The van der Waals surface area contributed by atoms with E-state index in [1.54, 1.807) is 6.08 Å². The molecular formula is C24H19FN2O4. The number of nitrogens with one attached hydrogen (secondary N) is 1. The van der Waals surface area contributed by atoms with Gasteiger partial charge in [-0.05, 0) is 33.9 Å². The van der Waals surface area contributed by atoms with Crippen molar-refractivity contribution in [3.8, 4) is 11.1 Å². The molecule has 1 aliphatic rings. The third kappa shape index (κ3) is 4.45. The van der Waals surface area contributed by atoms with Crippen molar-refractivity contribution in [3.05, 3.63) is 105 Å². The summed E-state index contributed by atoms with van der Waals surface area (Å²) in [5.41, 5.74) is 4.57. The lowest BCUT2D eigenvalue weighted by atomic mass is 9.98. The van der Waals surface area contributed by atoms with E-state index in [1.165, 1.54) is 18.2 Å². The van der Waals surface area contributed by atoms with Crippen molar-refractivity contribution in [1.82, 2.24) is 5.32 Å². The summed E-state index contributed by atoms with van der Waals surface area (Å²) < 4.78 is 18.9. The molecule has 3 aromatic carbocycles. The minimum absolute atomic E-state index is 0.0264. The van der Waals surface area contributed by atoms with E-state index in [4.69, 9.17) is 4.74 Å². The largest absolute Gasteiger partial charge is 0.449 e.